The van der Waals surface area contributed by atoms with Gasteiger partial charge in [0.05, 0.1) is 11.3 Å². The molecule has 0 amide bonds. The highest BCUT2D eigenvalue weighted by Crippen LogP contribution is 2.35. The predicted octanol–water partition coefficient (Wildman–Crippen LogP) is 5.88. The van der Waals surface area contributed by atoms with Crippen molar-refractivity contribution in [2.75, 3.05) is 11.9 Å². The number of anilines is 2. The molecular formula is C24H28N2O3. The summed E-state index contributed by atoms with van der Waals surface area (Å²) in [5.41, 5.74) is 3.89. The number of Topliss-reactive ketones (excluding diaryl/α,β-unsaturated/α-hetero) is 1. The fourth-order valence-electron chi connectivity index (χ4n) is 3.61. The molecule has 5 nitrogen and oxygen atoms in total. The van der Waals surface area contributed by atoms with Crippen LogP contribution in [-0.4, -0.2) is 23.2 Å². The lowest BCUT2D eigenvalue weighted by Crippen LogP contribution is -2.24. The lowest BCUT2D eigenvalue weighted by Gasteiger charge is -2.24. The van der Waals surface area contributed by atoms with Crippen LogP contribution in [0.5, 0.6) is 0 Å². The average Bonchev–Trinajstić information content (AvgIpc) is 2.72. The van der Waals surface area contributed by atoms with E-state index in [4.69, 9.17) is 4.84 Å². The summed E-state index contributed by atoms with van der Waals surface area (Å²) in [4.78, 5) is 18.0. The fourth-order valence-corrected chi connectivity index (χ4v) is 3.61. The maximum atomic E-state index is 12.9. The number of carbonyl (C=O) groups excluding carboxylic acids is 1. The van der Waals surface area contributed by atoms with Crippen molar-refractivity contribution >= 4 is 22.9 Å². The van der Waals surface area contributed by atoms with E-state index < -0.39 is 0 Å². The molecule has 29 heavy (non-hydrogen) atoms. The summed E-state index contributed by atoms with van der Waals surface area (Å²) in [7, 11) is 0. The van der Waals surface area contributed by atoms with Crippen molar-refractivity contribution in [1.82, 2.24) is 0 Å². The molecule has 0 spiro atoms. The van der Waals surface area contributed by atoms with Crippen LogP contribution in [0.1, 0.15) is 51.0 Å². The highest BCUT2D eigenvalue weighted by molar-refractivity contribution is 6.23. The third-order valence-electron chi connectivity index (χ3n) is 4.94. The molecule has 3 rings (SSSR count). The number of aliphatic hydroxyl groups is 1. The first kappa shape index (κ1) is 20.6. The highest BCUT2D eigenvalue weighted by Gasteiger charge is 2.31. The van der Waals surface area contributed by atoms with Gasteiger partial charge in [0.15, 0.2) is 5.78 Å². The molecule has 2 N–H and O–H groups in total. The van der Waals surface area contributed by atoms with Gasteiger partial charge in [0, 0.05) is 24.2 Å². The van der Waals surface area contributed by atoms with Gasteiger partial charge in [0.25, 0.3) is 0 Å². The summed E-state index contributed by atoms with van der Waals surface area (Å²) in [6.07, 6.45) is 2.20. The third kappa shape index (κ3) is 5.25. The highest BCUT2D eigenvalue weighted by atomic mass is 16.6. The molecule has 0 radical (unpaired) electrons. The lowest BCUT2D eigenvalue weighted by atomic mass is 9.80. The molecule has 2 aromatic carbocycles. The van der Waals surface area contributed by atoms with E-state index in [1.165, 1.54) is 0 Å². The van der Waals surface area contributed by atoms with E-state index in [2.05, 4.69) is 10.5 Å². The zero-order chi connectivity index (χ0) is 20.6. The van der Waals surface area contributed by atoms with Gasteiger partial charge >= 0.3 is 0 Å². The number of hydrogen-bond acceptors (Lipinski definition) is 5. The molecule has 0 fully saturated rings. The maximum absolute atomic E-state index is 12.9. The first-order valence-corrected chi connectivity index (χ1v) is 10.2. The van der Waals surface area contributed by atoms with Gasteiger partial charge in [0.2, 0.25) is 0 Å². The van der Waals surface area contributed by atoms with Crippen molar-refractivity contribution in [3.63, 3.8) is 0 Å². The monoisotopic (exact) mass is 392 g/mol. The van der Waals surface area contributed by atoms with E-state index >= 15 is 0 Å². The quantitative estimate of drug-likeness (QED) is 0.435. The molecule has 152 valence electrons. The van der Waals surface area contributed by atoms with Crippen LogP contribution in [0.4, 0.5) is 11.4 Å². The molecule has 1 aliphatic rings. The number of benzene rings is 2. The molecule has 0 saturated carbocycles. The number of para-hydroxylation sites is 1. The Morgan fingerprint density at radius 2 is 1.86 bits per heavy atom. The molecular weight excluding hydrogens is 364 g/mol. The summed E-state index contributed by atoms with van der Waals surface area (Å²) in [5, 5.41) is 18.1. The zero-order valence-electron chi connectivity index (χ0n) is 17.0. The Kier molecular flexibility index (Phi) is 7.06. The van der Waals surface area contributed by atoms with E-state index in [1.54, 1.807) is 0 Å². The molecule has 0 aliphatic heterocycles. The Morgan fingerprint density at radius 3 is 2.55 bits per heavy atom. The molecule has 1 atom stereocenters. The van der Waals surface area contributed by atoms with Crippen LogP contribution in [0.2, 0.25) is 0 Å². The fraction of sp³-hybridized carbons (Fsp3) is 0.333. The van der Waals surface area contributed by atoms with Gasteiger partial charge in [-0.1, -0.05) is 48.8 Å². The number of nitrogens with one attached hydrogen (secondary N) is 1. The van der Waals surface area contributed by atoms with Crippen molar-refractivity contribution in [3.05, 3.63) is 71.5 Å². The Labute approximate surface area is 172 Å². The number of carbonyl (C=O) groups is 1. The van der Waals surface area contributed by atoms with Crippen molar-refractivity contribution in [1.29, 1.82) is 0 Å². The minimum atomic E-state index is -0.0768. The van der Waals surface area contributed by atoms with E-state index in [-0.39, 0.29) is 17.5 Å². The van der Waals surface area contributed by atoms with E-state index in [0.29, 0.717) is 37.2 Å². The Bertz CT molecular complexity index is 903. The number of hydrogen-bond donors (Lipinski definition) is 2. The summed E-state index contributed by atoms with van der Waals surface area (Å²) >= 11 is 0. The molecule has 1 unspecified atom stereocenters. The first-order valence-electron chi connectivity index (χ1n) is 10.2. The van der Waals surface area contributed by atoms with Crippen LogP contribution in [-0.2, 0) is 9.63 Å². The van der Waals surface area contributed by atoms with E-state index in [9.17, 15) is 9.90 Å². The Balaban J connectivity index is 1.81. The van der Waals surface area contributed by atoms with Gasteiger partial charge in [0.1, 0.15) is 12.4 Å². The standard InChI is InChI=1S/C24H28N2O3/c1-3-9-21(26-29-4-2)24-22(27)15-18(16-23(24)28)17-10-8-13-20(14-17)25-19-11-6-5-7-12-19/h5-8,10-14,18,25,27H,3-4,9,15-16H2,1-2H3. The number of ketones is 1. The third-order valence-corrected chi connectivity index (χ3v) is 4.94. The van der Waals surface area contributed by atoms with E-state index in [0.717, 1.165) is 23.4 Å². The van der Waals surface area contributed by atoms with Crippen molar-refractivity contribution in [2.45, 2.75) is 45.4 Å². The summed E-state index contributed by atoms with van der Waals surface area (Å²) in [5.74, 6) is -0.0228. The van der Waals surface area contributed by atoms with Gasteiger partial charge in [-0.3, -0.25) is 4.79 Å². The SMILES string of the molecule is CCCC(=NOCC)C1=C(O)CC(c2cccc(Nc3ccccc3)c2)CC1=O. The predicted molar refractivity (Wildman–Crippen MR) is 117 cm³/mol. The molecule has 0 heterocycles. The number of allylic oxidation sites excluding steroid dienone is 2. The van der Waals surface area contributed by atoms with Crippen LogP contribution in [0.25, 0.3) is 0 Å². The number of nitrogens with zero attached hydrogens (tertiary/aromatic N) is 1. The van der Waals surface area contributed by atoms with Gasteiger partial charge in [-0.15, -0.1) is 0 Å². The largest absolute Gasteiger partial charge is 0.511 e. The van der Waals surface area contributed by atoms with Crippen LogP contribution < -0.4 is 5.32 Å². The Hall–Kier alpha value is -3.08. The van der Waals surface area contributed by atoms with Gasteiger partial charge in [-0.2, -0.15) is 0 Å². The topological polar surface area (TPSA) is 70.9 Å². The van der Waals surface area contributed by atoms with Crippen molar-refractivity contribution in [2.24, 2.45) is 5.16 Å². The molecule has 0 saturated heterocycles. The molecule has 1 aliphatic carbocycles. The maximum Gasteiger partial charge on any atom is 0.168 e. The molecule has 5 heteroatoms. The van der Waals surface area contributed by atoms with Crippen LogP contribution in [0.15, 0.2) is 71.1 Å². The molecule has 0 bridgehead atoms. The van der Waals surface area contributed by atoms with Crippen LogP contribution in [0.3, 0.4) is 0 Å². The van der Waals surface area contributed by atoms with Crippen molar-refractivity contribution < 1.29 is 14.7 Å². The summed E-state index contributed by atoms with van der Waals surface area (Å²) in [6.45, 7) is 4.29. The second kappa shape index (κ2) is 9.92. The van der Waals surface area contributed by atoms with Crippen LogP contribution >= 0.6 is 0 Å². The summed E-state index contributed by atoms with van der Waals surface area (Å²) < 4.78 is 0. The van der Waals surface area contributed by atoms with Gasteiger partial charge < -0.3 is 15.3 Å². The minimum Gasteiger partial charge on any atom is -0.511 e. The molecule has 0 aromatic heterocycles. The Morgan fingerprint density at radius 1 is 1.10 bits per heavy atom. The first-order chi connectivity index (χ1) is 14.1. The second-order valence-electron chi connectivity index (χ2n) is 7.17. The number of aliphatic hydroxyl groups excluding tert-OH is 1. The van der Waals surface area contributed by atoms with Crippen LogP contribution in [0, 0.1) is 0 Å². The smallest absolute Gasteiger partial charge is 0.168 e. The minimum absolute atomic E-state index is 0.0567. The van der Waals surface area contributed by atoms with Gasteiger partial charge in [-0.05, 0) is 49.1 Å². The summed E-state index contributed by atoms with van der Waals surface area (Å²) in [6, 6.07) is 18.0. The number of rotatable bonds is 8. The second-order valence-corrected chi connectivity index (χ2v) is 7.17. The lowest BCUT2D eigenvalue weighted by molar-refractivity contribution is -0.116. The normalized spacial score (nSPS) is 17.4. The zero-order valence-corrected chi connectivity index (χ0v) is 17.0. The van der Waals surface area contributed by atoms with E-state index in [1.807, 2.05) is 68.4 Å². The van der Waals surface area contributed by atoms with Gasteiger partial charge in [-0.25, -0.2) is 0 Å². The average molecular weight is 392 g/mol. The van der Waals surface area contributed by atoms with Crippen molar-refractivity contribution in [3.8, 4) is 0 Å². The number of oxime groups is 1. The molecule has 2 aromatic rings.